The van der Waals surface area contributed by atoms with Gasteiger partial charge in [0, 0.05) is 34.0 Å². The third kappa shape index (κ3) is 3.75. The summed E-state index contributed by atoms with van der Waals surface area (Å²) in [7, 11) is 0. The van der Waals surface area contributed by atoms with Crippen molar-refractivity contribution in [1.82, 2.24) is 24.5 Å². The van der Waals surface area contributed by atoms with Crippen LogP contribution in [-0.2, 0) is 0 Å². The monoisotopic (exact) mass is 564 g/mol. The van der Waals surface area contributed by atoms with Gasteiger partial charge >= 0.3 is 0 Å². The second-order valence-electron chi connectivity index (χ2n) is 10.8. The Balaban J connectivity index is 1.29. The summed E-state index contributed by atoms with van der Waals surface area (Å²) in [6.45, 7) is 0. The van der Waals surface area contributed by atoms with E-state index in [-0.39, 0.29) is 0 Å². The van der Waals surface area contributed by atoms with Gasteiger partial charge in [0.05, 0.1) is 33.6 Å². The number of fused-ring (bicyclic) bond motifs is 5. The number of aromatic nitrogens is 5. The van der Waals surface area contributed by atoms with Crippen LogP contribution in [0.25, 0.3) is 61.8 Å². The first-order chi connectivity index (χ1) is 21.8. The van der Waals surface area contributed by atoms with Gasteiger partial charge in [0.25, 0.3) is 0 Å². The van der Waals surface area contributed by atoms with Crippen LogP contribution in [0.15, 0.2) is 146 Å². The minimum Gasteiger partial charge on any atom is -0.306 e. The van der Waals surface area contributed by atoms with Crippen LogP contribution in [0.3, 0.4) is 0 Å². The maximum absolute atomic E-state index is 4.97. The van der Waals surface area contributed by atoms with E-state index < -0.39 is 0 Å². The zero-order chi connectivity index (χ0) is 29.0. The van der Waals surface area contributed by atoms with E-state index in [2.05, 4.69) is 82.3 Å². The Labute approximate surface area is 253 Å². The van der Waals surface area contributed by atoms with Gasteiger partial charge in [0.1, 0.15) is 0 Å². The van der Waals surface area contributed by atoms with Gasteiger partial charge in [-0.15, -0.1) is 0 Å². The summed E-state index contributed by atoms with van der Waals surface area (Å²) in [5, 5.41) is 1.05. The summed E-state index contributed by atoms with van der Waals surface area (Å²) >= 11 is 0. The number of hydrogen-bond acceptors (Lipinski definition) is 5. The third-order valence-corrected chi connectivity index (χ3v) is 8.20. The quantitative estimate of drug-likeness (QED) is 0.213. The summed E-state index contributed by atoms with van der Waals surface area (Å²) in [5.41, 5.74) is 10.3. The molecule has 6 heteroatoms. The van der Waals surface area contributed by atoms with E-state index in [0.29, 0.717) is 17.5 Å². The summed E-state index contributed by atoms with van der Waals surface area (Å²) in [6, 6.07) is 47.7. The van der Waals surface area contributed by atoms with Crippen LogP contribution >= 0.6 is 0 Å². The van der Waals surface area contributed by atoms with Crippen LogP contribution < -0.4 is 4.90 Å². The number of nitrogens with zero attached hydrogens (tertiary/aromatic N) is 6. The van der Waals surface area contributed by atoms with Crippen molar-refractivity contribution in [2.24, 2.45) is 0 Å². The molecule has 1 aliphatic heterocycles. The van der Waals surface area contributed by atoms with E-state index in [4.69, 9.17) is 19.9 Å². The number of hydrogen-bond donors (Lipinski definition) is 0. The molecule has 4 heterocycles. The van der Waals surface area contributed by atoms with Crippen molar-refractivity contribution in [2.45, 2.75) is 0 Å². The minimum atomic E-state index is 0.623. The SMILES string of the molecule is c1ccc(-c2nc(-c3ccccc3)nc(-c3ccc4c(c3)c3nccc5c3n4-c3ccccc3N5c3ccccc3)n2)cc1. The second-order valence-corrected chi connectivity index (χ2v) is 10.8. The molecule has 9 rings (SSSR count). The van der Waals surface area contributed by atoms with E-state index in [0.717, 1.165) is 61.4 Å². The number of para-hydroxylation sites is 3. The molecule has 5 aromatic carbocycles. The van der Waals surface area contributed by atoms with Crippen LogP contribution in [0, 0.1) is 0 Å². The van der Waals surface area contributed by atoms with Crippen LogP contribution in [0.2, 0.25) is 0 Å². The molecular formula is C38H24N6. The van der Waals surface area contributed by atoms with Gasteiger partial charge in [-0.2, -0.15) is 0 Å². The number of pyridine rings is 1. The molecule has 0 saturated carbocycles. The standard InChI is InChI=1S/C38H24N6/c1-4-12-25(13-5-1)36-40-37(26-14-6-2-7-15-26)42-38(41-36)27-20-21-30-29(24-27)34-35-33(22-23-39-34)43(28-16-8-3-9-17-28)31-18-10-11-19-32(31)44(30)35/h1-24H. The van der Waals surface area contributed by atoms with E-state index >= 15 is 0 Å². The molecule has 0 spiro atoms. The molecule has 0 atom stereocenters. The average Bonchev–Trinajstić information content (AvgIpc) is 3.44. The number of anilines is 3. The molecule has 3 aromatic heterocycles. The molecule has 8 aromatic rings. The van der Waals surface area contributed by atoms with Gasteiger partial charge in [-0.05, 0) is 48.5 Å². The fraction of sp³-hybridized carbons (Fsp3) is 0. The highest BCUT2D eigenvalue weighted by molar-refractivity contribution is 6.15. The van der Waals surface area contributed by atoms with Crippen molar-refractivity contribution in [3.63, 3.8) is 0 Å². The van der Waals surface area contributed by atoms with Crippen LogP contribution in [0.4, 0.5) is 17.1 Å². The van der Waals surface area contributed by atoms with Crippen molar-refractivity contribution in [1.29, 1.82) is 0 Å². The summed E-state index contributed by atoms with van der Waals surface area (Å²) < 4.78 is 2.34. The Kier molecular flexibility index (Phi) is 5.40. The van der Waals surface area contributed by atoms with Gasteiger partial charge in [-0.1, -0.05) is 91.0 Å². The van der Waals surface area contributed by atoms with Crippen molar-refractivity contribution in [3.8, 4) is 39.9 Å². The van der Waals surface area contributed by atoms with Crippen molar-refractivity contribution >= 4 is 39.0 Å². The van der Waals surface area contributed by atoms with Gasteiger partial charge in [0.15, 0.2) is 17.5 Å². The fourth-order valence-corrected chi connectivity index (χ4v) is 6.24. The summed E-state index contributed by atoms with van der Waals surface area (Å²) in [5.74, 6) is 1.91. The van der Waals surface area contributed by atoms with Gasteiger partial charge in [-0.25, -0.2) is 15.0 Å². The Bertz CT molecular complexity index is 2270. The molecule has 0 saturated heterocycles. The molecule has 6 nitrogen and oxygen atoms in total. The van der Waals surface area contributed by atoms with Crippen molar-refractivity contribution in [3.05, 3.63) is 146 Å². The zero-order valence-corrected chi connectivity index (χ0v) is 23.5. The number of rotatable bonds is 4. The Morgan fingerprint density at radius 3 is 1.68 bits per heavy atom. The maximum atomic E-state index is 4.97. The van der Waals surface area contributed by atoms with E-state index in [1.165, 1.54) is 0 Å². The molecule has 0 aliphatic carbocycles. The minimum absolute atomic E-state index is 0.623. The smallest absolute Gasteiger partial charge is 0.164 e. The molecule has 0 radical (unpaired) electrons. The largest absolute Gasteiger partial charge is 0.306 e. The van der Waals surface area contributed by atoms with Crippen LogP contribution in [0.1, 0.15) is 0 Å². The van der Waals surface area contributed by atoms with Crippen LogP contribution in [0.5, 0.6) is 0 Å². The molecule has 1 aliphatic rings. The predicted molar refractivity (Wildman–Crippen MR) is 177 cm³/mol. The normalized spacial score (nSPS) is 12.0. The highest BCUT2D eigenvalue weighted by atomic mass is 15.2. The fourth-order valence-electron chi connectivity index (χ4n) is 6.24. The first-order valence-electron chi connectivity index (χ1n) is 14.6. The Hall–Kier alpha value is -6.14. The highest BCUT2D eigenvalue weighted by Gasteiger charge is 2.29. The van der Waals surface area contributed by atoms with Gasteiger partial charge in [0.2, 0.25) is 0 Å². The maximum Gasteiger partial charge on any atom is 0.164 e. The molecule has 206 valence electrons. The molecule has 0 bridgehead atoms. The van der Waals surface area contributed by atoms with E-state index in [9.17, 15) is 0 Å². The third-order valence-electron chi connectivity index (χ3n) is 8.20. The predicted octanol–water partition coefficient (Wildman–Crippen LogP) is 9.15. The lowest BCUT2D eigenvalue weighted by Crippen LogP contribution is -2.18. The van der Waals surface area contributed by atoms with E-state index in [1.807, 2.05) is 72.9 Å². The lowest BCUT2D eigenvalue weighted by atomic mass is 10.1. The summed E-state index contributed by atoms with van der Waals surface area (Å²) in [4.78, 5) is 22.1. The van der Waals surface area contributed by atoms with Gasteiger partial charge < -0.3 is 9.47 Å². The first-order valence-corrected chi connectivity index (χ1v) is 14.6. The van der Waals surface area contributed by atoms with Crippen molar-refractivity contribution in [2.75, 3.05) is 4.90 Å². The molecule has 44 heavy (non-hydrogen) atoms. The molecule has 0 N–H and O–H groups in total. The Morgan fingerprint density at radius 1 is 0.455 bits per heavy atom. The van der Waals surface area contributed by atoms with Gasteiger partial charge in [-0.3, -0.25) is 4.98 Å². The highest BCUT2D eigenvalue weighted by Crippen LogP contribution is 2.49. The lowest BCUT2D eigenvalue weighted by molar-refractivity contribution is 1.07. The first kappa shape index (κ1) is 24.5. The second kappa shape index (κ2) is 9.71. The van der Waals surface area contributed by atoms with Crippen LogP contribution in [-0.4, -0.2) is 24.5 Å². The topological polar surface area (TPSA) is 59.7 Å². The molecule has 0 amide bonds. The molecular weight excluding hydrogens is 540 g/mol. The Morgan fingerprint density at radius 2 is 1.02 bits per heavy atom. The molecule has 0 unspecified atom stereocenters. The lowest BCUT2D eigenvalue weighted by Gasteiger charge is -2.32. The van der Waals surface area contributed by atoms with E-state index in [1.54, 1.807) is 0 Å². The zero-order valence-electron chi connectivity index (χ0n) is 23.5. The molecule has 0 fully saturated rings. The summed E-state index contributed by atoms with van der Waals surface area (Å²) in [6.07, 6.45) is 1.90. The number of benzene rings is 5. The average molecular weight is 565 g/mol. The van der Waals surface area contributed by atoms with Crippen molar-refractivity contribution < 1.29 is 0 Å².